The first-order valence-corrected chi connectivity index (χ1v) is 5.10. The number of anilines is 1. The van der Waals surface area contributed by atoms with Crippen LogP contribution in [0.3, 0.4) is 0 Å². The summed E-state index contributed by atoms with van der Waals surface area (Å²) in [6.45, 7) is 2.07. The van der Waals surface area contributed by atoms with Gasteiger partial charge in [-0.05, 0) is 19.9 Å². The number of aryl methyl sites for hydroxylation is 2. The molecule has 0 aromatic carbocycles. The Morgan fingerprint density at radius 3 is 2.71 bits per heavy atom. The number of nitrogens with zero attached hydrogens (tertiary/aromatic N) is 2. The van der Waals surface area contributed by atoms with Gasteiger partial charge in [0.05, 0.1) is 30.0 Å². The smallest absolute Gasteiger partial charge is 0.276 e. The summed E-state index contributed by atoms with van der Waals surface area (Å²) in [6.07, 6.45) is 0. The van der Waals surface area contributed by atoms with Gasteiger partial charge in [0.2, 0.25) is 0 Å². The Bertz CT molecular complexity index is 452. The molecule has 0 spiro atoms. The van der Waals surface area contributed by atoms with E-state index in [0.717, 1.165) is 0 Å². The fourth-order valence-electron chi connectivity index (χ4n) is 1.41. The first kappa shape index (κ1) is 13.3. The molecule has 0 aliphatic rings. The monoisotopic (exact) mass is 240 g/mol. The molecule has 0 saturated heterocycles. The van der Waals surface area contributed by atoms with E-state index >= 15 is 0 Å². The van der Waals surface area contributed by atoms with Crippen LogP contribution < -0.4 is 11.1 Å². The summed E-state index contributed by atoms with van der Waals surface area (Å²) >= 11 is 0. The number of rotatable bonds is 4. The predicted molar refractivity (Wildman–Crippen MR) is 60.9 cm³/mol. The summed E-state index contributed by atoms with van der Waals surface area (Å²) < 4.78 is 26.0. The molecule has 0 amide bonds. The Balaban J connectivity index is 2.95. The molecule has 92 valence electrons. The first-order chi connectivity index (χ1) is 7.89. The second-order valence-electron chi connectivity index (χ2n) is 3.80. The maximum Gasteiger partial charge on any atom is 0.276 e. The highest BCUT2D eigenvalue weighted by Gasteiger charge is 2.26. The molecule has 0 aliphatic heterocycles. The van der Waals surface area contributed by atoms with Crippen molar-refractivity contribution in [1.82, 2.24) is 4.98 Å². The molecule has 1 rings (SSSR count). The fraction of sp³-hybridized carbons (Fsp3) is 0.455. The van der Waals surface area contributed by atoms with Crippen LogP contribution in [0.25, 0.3) is 0 Å². The average Bonchev–Trinajstić information content (AvgIpc) is 2.26. The number of nitriles is 1. The second-order valence-corrected chi connectivity index (χ2v) is 3.80. The SMILES string of the molecule is Cc1cc(NCC(F)(F)CN)c(C#N)c(C)n1. The lowest BCUT2D eigenvalue weighted by Gasteiger charge is -2.17. The standard InChI is InChI=1S/C11H14F2N4/c1-7-3-10(9(4-14)8(2)17-7)16-6-11(12,13)5-15/h3H,5-6,15H2,1-2H3,(H,16,17). The minimum absolute atomic E-state index is 0.281. The maximum atomic E-state index is 13.0. The minimum atomic E-state index is -2.99. The number of nitrogens with one attached hydrogen (secondary N) is 1. The molecule has 4 nitrogen and oxygen atoms in total. The summed E-state index contributed by atoms with van der Waals surface area (Å²) in [4.78, 5) is 4.09. The van der Waals surface area contributed by atoms with Crippen LogP contribution in [-0.4, -0.2) is 24.0 Å². The van der Waals surface area contributed by atoms with Crippen LogP contribution in [0.15, 0.2) is 6.07 Å². The van der Waals surface area contributed by atoms with Crippen molar-refractivity contribution in [3.05, 3.63) is 23.0 Å². The van der Waals surface area contributed by atoms with Crippen LogP contribution in [0.2, 0.25) is 0 Å². The second kappa shape index (κ2) is 5.06. The molecule has 0 atom stereocenters. The number of hydrogen-bond acceptors (Lipinski definition) is 4. The first-order valence-electron chi connectivity index (χ1n) is 5.10. The van der Waals surface area contributed by atoms with E-state index in [1.54, 1.807) is 19.9 Å². The molecule has 1 aromatic rings. The van der Waals surface area contributed by atoms with E-state index in [1.807, 2.05) is 6.07 Å². The number of aromatic nitrogens is 1. The summed E-state index contributed by atoms with van der Waals surface area (Å²) in [5.74, 6) is -2.99. The Labute approximate surface area is 98.5 Å². The molecule has 0 unspecified atom stereocenters. The van der Waals surface area contributed by atoms with Gasteiger partial charge in [-0.1, -0.05) is 0 Å². The molecule has 0 saturated carbocycles. The molecule has 0 fully saturated rings. The van der Waals surface area contributed by atoms with Crippen LogP contribution in [0.1, 0.15) is 17.0 Å². The van der Waals surface area contributed by atoms with Gasteiger partial charge in [-0.15, -0.1) is 0 Å². The lowest BCUT2D eigenvalue weighted by Crippen LogP contribution is -2.35. The van der Waals surface area contributed by atoms with Gasteiger partial charge in [0.1, 0.15) is 6.07 Å². The number of nitrogens with two attached hydrogens (primary N) is 1. The molecular weight excluding hydrogens is 226 g/mol. The highest BCUT2D eigenvalue weighted by Crippen LogP contribution is 2.20. The van der Waals surface area contributed by atoms with Crippen molar-refractivity contribution >= 4 is 5.69 Å². The summed E-state index contributed by atoms with van der Waals surface area (Å²) in [7, 11) is 0. The molecular formula is C11H14F2N4. The van der Waals surface area contributed by atoms with E-state index in [9.17, 15) is 8.78 Å². The summed E-state index contributed by atoms with van der Waals surface area (Å²) in [5.41, 5.74) is 6.77. The highest BCUT2D eigenvalue weighted by molar-refractivity contribution is 5.59. The number of pyridine rings is 1. The van der Waals surface area contributed by atoms with E-state index in [-0.39, 0.29) is 5.56 Å². The van der Waals surface area contributed by atoms with E-state index in [0.29, 0.717) is 17.1 Å². The Morgan fingerprint density at radius 1 is 1.53 bits per heavy atom. The van der Waals surface area contributed by atoms with Gasteiger partial charge in [-0.3, -0.25) is 4.98 Å². The van der Waals surface area contributed by atoms with Crippen LogP contribution in [-0.2, 0) is 0 Å². The van der Waals surface area contributed by atoms with Gasteiger partial charge in [0.25, 0.3) is 5.92 Å². The normalized spacial score (nSPS) is 11.1. The van der Waals surface area contributed by atoms with Gasteiger partial charge < -0.3 is 11.1 Å². The van der Waals surface area contributed by atoms with Crippen molar-refractivity contribution in [3.63, 3.8) is 0 Å². The van der Waals surface area contributed by atoms with E-state index in [2.05, 4.69) is 10.3 Å². The van der Waals surface area contributed by atoms with Crippen LogP contribution >= 0.6 is 0 Å². The Hall–Kier alpha value is -1.74. The molecule has 1 aromatic heterocycles. The zero-order valence-electron chi connectivity index (χ0n) is 9.72. The molecule has 0 bridgehead atoms. The number of halogens is 2. The average molecular weight is 240 g/mol. The van der Waals surface area contributed by atoms with Gasteiger partial charge >= 0.3 is 0 Å². The quantitative estimate of drug-likeness (QED) is 0.837. The van der Waals surface area contributed by atoms with Gasteiger partial charge in [0.15, 0.2) is 0 Å². The van der Waals surface area contributed by atoms with E-state index in [1.165, 1.54) is 0 Å². The third-order valence-corrected chi connectivity index (χ3v) is 2.28. The zero-order chi connectivity index (χ0) is 13.1. The molecule has 17 heavy (non-hydrogen) atoms. The summed E-state index contributed by atoms with van der Waals surface area (Å²) in [6, 6.07) is 3.51. The van der Waals surface area contributed by atoms with Crippen LogP contribution in [0, 0.1) is 25.2 Å². The lowest BCUT2D eigenvalue weighted by molar-refractivity contribution is 0.0254. The van der Waals surface area contributed by atoms with Crippen molar-refractivity contribution in [2.24, 2.45) is 5.73 Å². The van der Waals surface area contributed by atoms with Crippen molar-refractivity contribution in [2.75, 3.05) is 18.4 Å². The lowest BCUT2D eigenvalue weighted by atomic mass is 10.1. The van der Waals surface area contributed by atoms with Crippen molar-refractivity contribution < 1.29 is 8.78 Å². The molecule has 0 radical (unpaired) electrons. The van der Waals surface area contributed by atoms with E-state index in [4.69, 9.17) is 11.0 Å². The van der Waals surface area contributed by atoms with E-state index < -0.39 is 19.0 Å². The largest absolute Gasteiger partial charge is 0.378 e. The molecule has 6 heteroatoms. The van der Waals surface area contributed by atoms with Crippen LogP contribution in [0.5, 0.6) is 0 Å². The van der Waals surface area contributed by atoms with Gasteiger partial charge in [-0.25, -0.2) is 8.78 Å². The fourth-order valence-corrected chi connectivity index (χ4v) is 1.41. The Morgan fingerprint density at radius 2 is 2.18 bits per heavy atom. The Kier molecular flexibility index (Phi) is 3.97. The van der Waals surface area contributed by atoms with Crippen molar-refractivity contribution in [1.29, 1.82) is 5.26 Å². The number of alkyl halides is 2. The molecule has 0 aliphatic carbocycles. The highest BCUT2D eigenvalue weighted by atomic mass is 19.3. The molecule has 3 N–H and O–H groups in total. The van der Waals surface area contributed by atoms with Crippen molar-refractivity contribution in [2.45, 2.75) is 19.8 Å². The predicted octanol–water partition coefficient (Wildman–Crippen LogP) is 1.58. The number of hydrogen-bond donors (Lipinski definition) is 2. The topological polar surface area (TPSA) is 74.7 Å². The molecule has 1 heterocycles. The maximum absolute atomic E-state index is 13.0. The summed E-state index contributed by atoms with van der Waals surface area (Å²) in [5, 5.41) is 11.5. The third kappa shape index (κ3) is 3.36. The van der Waals surface area contributed by atoms with Crippen LogP contribution in [0.4, 0.5) is 14.5 Å². The third-order valence-electron chi connectivity index (χ3n) is 2.28. The zero-order valence-corrected chi connectivity index (χ0v) is 9.72. The van der Waals surface area contributed by atoms with Gasteiger partial charge in [-0.2, -0.15) is 5.26 Å². The van der Waals surface area contributed by atoms with Gasteiger partial charge in [0, 0.05) is 5.69 Å². The van der Waals surface area contributed by atoms with Crippen molar-refractivity contribution in [3.8, 4) is 6.07 Å². The minimum Gasteiger partial charge on any atom is -0.378 e.